The molecule has 1 N–H and O–H groups in total. The largest absolute Gasteiger partial charge is 0.347 e. The van der Waals surface area contributed by atoms with Gasteiger partial charge in [-0.3, -0.25) is 4.79 Å². The number of para-hydroxylation sites is 1. The number of carbonyl (C=O) groups excluding carboxylic acids is 1. The number of likely N-dealkylation sites (tertiary alicyclic amines) is 1. The summed E-state index contributed by atoms with van der Waals surface area (Å²) in [6.07, 6.45) is 10.4. The van der Waals surface area contributed by atoms with E-state index >= 15 is 0 Å². The van der Waals surface area contributed by atoms with Gasteiger partial charge in [0.15, 0.2) is 0 Å². The van der Waals surface area contributed by atoms with Crippen LogP contribution in [-0.2, 0) is 11.3 Å². The van der Waals surface area contributed by atoms with Crippen molar-refractivity contribution >= 4 is 22.5 Å². The maximum absolute atomic E-state index is 11.5. The van der Waals surface area contributed by atoms with Crippen LogP contribution in [0, 0.1) is 0 Å². The molecule has 32 heavy (non-hydrogen) atoms. The Kier molecular flexibility index (Phi) is 8.00. The lowest BCUT2D eigenvalue weighted by atomic mass is 9.89. The Morgan fingerprint density at radius 2 is 1.62 bits per heavy atom. The monoisotopic (exact) mass is 431 g/mol. The number of aryl methyl sites for hydroxylation is 1. The molecule has 1 aromatic heterocycles. The van der Waals surface area contributed by atoms with E-state index in [2.05, 4.69) is 63.4 Å². The number of amides is 1. The number of carbonyl (C=O) groups is 1. The Bertz CT molecular complexity index is 983. The third-order valence-electron chi connectivity index (χ3n) is 6.88. The zero-order valence-electron chi connectivity index (χ0n) is 19.4. The molecule has 2 aromatic carbocycles. The van der Waals surface area contributed by atoms with E-state index in [0.717, 1.165) is 12.2 Å². The van der Waals surface area contributed by atoms with E-state index in [0.29, 0.717) is 12.3 Å². The van der Waals surface area contributed by atoms with E-state index in [1.165, 1.54) is 74.6 Å². The molecular formula is C28H37N3O. The molecule has 1 aliphatic rings. The lowest BCUT2D eigenvalue weighted by molar-refractivity contribution is -0.115. The molecule has 1 saturated heterocycles. The Hall–Kier alpha value is -2.59. The predicted octanol–water partition coefficient (Wildman–Crippen LogP) is 6.43. The van der Waals surface area contributed by atoms with Crippen LogP contribution in [0.25, 0.3) is 10.9 Å². The van der Waals surface area contributed by atoms with Crippen molar-refractivity contribution in [3.05, 3.63) is 66.4 Å². The van der Waals surface area contributed by atoms with E-state index in [-0.39, 0.29) is 5.91 Å². The summed E-state index contributed by atoms with van der Waals surface area (Å²) in [7, 11) is 0. The molecule has 0 saturated carbocycles. The molecule has 1 aliphatic heterocycles. The molecule has 1 fully saturated rings. The number of nitrogens with one attached hydrogen (secondary N) is 1. The smallest absolute Gasteiger partial charge is 0.224 e. The number of hydrogen-bond donors (Lipinski definition) is 1. The molecular weight excluding hydrogens is 394 g/mol. The van der Waals surface area contributed by atoms with Gasteiger partial charge in [-0.1, -0.05) is 50.1 Å². The van der Waals surface area contributed by atoms with Crippen LogP contribution in [0.2, 0.25) is 0 Å². The normalized spacial score (nSPS) is 15.3. The number of benzene rings is 2. The fourth-order valence-electron chi connectivity index (χ4n) is 4.88. The van der Waals surface area contributed by atoms with Gasteiger partial charge in [-0.2, -0.15) is 0 Å². The van der Waals surface area contributed by atoms with Gasteiger partial charge in [0.2, 0.25) is 5.91 Å². The summed E-state index contributed by atoms with van der Waals surface area (Å²) >= 11 is 0. The van der Waals surface area contributed by atoms with Gasteiger partial charge in [-0.05, 0) is 86.5 Å². The number of nitrogens with zero attached hydrogens (tertiary/aromatic N) is 2. The van der Waals surface area contributed by atoms with E-state index < -0.39 is 0 Å². The first-order valence-corrected chi connectivity index (χ1v) is 12.4. The Morgan fingerprint density at radius 1 is 0.906 bits per heavy atom. The number of fused-ring (bicyclic) bond motifs is 1. The highest BCUT2D eigenvalue weighted by Gasteiger charge is 2.20. The summed E-state index contributed by atoms with van der Waals surface area (Å²) in [6.45, 7) is 6.65. The first-order chi connectivity index (χ1) is 15.7. The summed E-state index contributed by atoms with van der Waals surface area (Å²) in [5.41, 5.74) is 3.68. The maximum Gasteiger partial charge on any atom is 0.224 e. The van der Waals surface area contributed by atoms with Crippen LogP contribution in [-0.4, -0.2) is 35.0 Å². The van der Waals surface area contributed by atoms with Crippen LogP contribution in [0.1, 0.15) is 63.4 Å². The lowest BCUT2D eigenvalue weighted by Crippen LogP contribution is -2.33. The van der Waals surface area contributed by atoms with Gasteiger partial charge in [-0.25, -0.2) is 0 Å². The molecule has 3 aromatic rings. The van der Waals surface area contributed by atoms with Crippen LogP contribution in [0.3, 0.4) is 0 Å². The minimum Gasteiger partial charge on any atom is -0.347 e. The number of hydrogen-bond acceptors (Lipinski definition) is 2. The van der Waals surface area contributed by atoms with Gasteiger partial charge in [0.1, 0.15) is 0 Å². The van der Waals surface area contributed by atoms with Gasteiger partial charge < -0.3 is 14.8 Å². The van der Waals surface area contributed by atoms with Crippen molar-refractivity contribution in [3.63, 3.8) is 0 Å². The van der Waals surface area contributed by atoms with Crippen molar-refractivity contribution in [2.24, 2.45) is 0 Å². The molecule has 0 aliphatic carbocycles. The van der Waals surface area contributed by atoms with Crippen LogP contribution in [0.4, 0.5) is 5.69 Å². The van der Waals surface area contributed by atoms with Crippen molar-refractivity contribution in [3.8, 4) is 0 Å². The van der Waals surface area contributed by atoms with Gasteiger partial charge in [0.25, 0.3) is 0 Å². The van der Waals surface area contributed by atoms with Crippen molar-refractivity contribution in [1.82, 2.24) is 9.47 Å². The molecule has 170 valence electrons. The number of unbranched alkanes of at least 4 members (excludes halogenated alkanes) is 3. The van der Waals surface area contributed by atoms with E-state index in [9.17, 15) is 4.79 Å². The third-order valence-corrected chi connectivity index (χ3v) is 6.88. The zero-order chi connectivity index (χ0) is 22.2. The summed E-state index contributed by atoms with van der Waals surface area (Å²) in [4.78, 5) is 14.2. The third kappa shape index (κ3) is 6.01. The van der Waals surface area contributed by atoms with Crippen LogP contribution in [0.5, 0.6) is 0 Å². The minimum absolute atomic E-state index is 0.0734. The highest BCUT2D eigenvalue weighted by Crippen LogP contribution is 2.29. The highest BCUT2D eigenvalue weighted by molar-refractivity contribution is 5.90. The molecule has 0 spiro atoms. The number of aromatic nitrogens is 1. The Labute approximate surface area is 192 Å². The number of anilines is 1. The van der Waals surface area contributed by atoms with Gasteiger partial charge in [0.05, 0.1) is 0 Å². The second-order valence-electron chi connectivity index (χ2n) is 9.12. The topological polar surface area (TPSA) is 37.3 Å². The molecule has 2 heterocycles. The first kappa shape index (κ1) is 22.6. The summed E-state index contributed by atoms with van der Waals surface area (Å²) in [6, 6.07) is 19.4. The molecule has 0 bridgehead atoms. The summed E-state index contributed by atoms with van der Waals surface area (Å²) in [5.74, 6) is 0.725. The molecule has 4 rings (SSSR count). The van der Waals surface area contributed by atoms with E-state index in [1.807, 2.05) is 19.1 Å². The van der Waals surface area contributed by atoms with Crippen molar-refractivity contribution in [2.45, 2.75) is 64.3 Å². The number of piperidine rings is 1. The average Bonchev–Trinajstić information content (AvgIpc) is 3.25. The molecule has 0 unspecified atom stereocenters. The highest BCUT2D eigenvalue weighted by atomic mass is 16.1. The summed E-state index contributed by atoms with van der Waals surface area (Å²) in [5, 5.41) is 4.28. The lowest BCUT2D eigenvalue weighted by Gasteiger charge is -2.32. The second-order valence-corrected chi connectivity index (χ2v) is 9.12. The van der Waals surface area contributed by atoms with Crippen LogP contribution >= 0.6 is 0 Å². The van der Waals surface area contributed by atoms with Crippen molar-refractivity contribution in [2.75, 3.05) is 25.0 Å². The van der Waals surface area contributed by atoms with Crippen molar-refractivity contribution in [1.29, 1.82) is 0 Å². The zero-order valence-corrected chi connectivity index (χ0v) is 19.4. The Balaban J connectivity index is 1.10. The van der Waals surface area contributed by atoms with E-state index in [4.69, 9.17) is 0 Å². The Morgan fingerprint density at radius 3 is 2.38 bits per heavy atom. The standard InChI is InChI=1S/C28H37N3O/c1-2-28(32)29-26-13-11-23(12-14-26)24-15-20-30(21-16-24)18-7-3-4-8-19-31-22-17-25-9-5-6-10-27(25)31/h5-6,9-14,17,22,24H,2-4,7-8,15-16,18-21H2,1H3,(H,29,32). The fourth-order valence-corrected chi connectivity index (χ4v) is 4.88. The molecule has 0 radical (unpaired) electrons. The molecule has 0 atom stereocenters. The number of rotatable bonds is 10. The van der Waals surface area contributed by atoms with Crippen molar-refractivity contribution < 1.29 is 4.79 Å². The predicted molar refractivity (Wildman–Crippen MR) is 134 cm³/mol. The first-order valence-electron chi connectivity index (χ1n) is 12.4. The molecule has 4 heteroatoms. The van der Waals surface area contributed by atoms with Gasteiger partial charge in [0, 0.05) is 30.4 Å². The SMILES string of the molecule is CCC(=O)Nc1ccc(C2CCN(CCCCCCn3ccc4ccccc43)CC2)cc1. The fraction of sp³-hybridized carbons (Fsp3) is 0.464. The van der Waals surface area contributed by atoms with Crippen LogP contribution in [0.15, 0.2) is 60.8 Å². The van der Waals surface area contributed by atoms with Gasteiger partial charge >= 0.3 is 0 Å². The average molecular weight is 432 g/mol. The molecule has 4 nitrogen and oxygen atoms in total. The maximum atomic E-state index is 11.5. The van der Waals surface area contributed by atoms with Gasteiger partial charge in [-0.15, -0.1) is 0 Å². The summed E-state index contributed by atoms with van der Waals surface area (Å²) < 4.78 is 2.39. The minimum atomic E-state index is 0.0734. The molecule has 1 amide bonds. The second kappa shape index (κ2) is 11.3. The van der Waals surface area contributed by atoms with E-state index in [1.54, 1.807) is 0 Å². The van der Waals surface area contributed by atoms with Crippen LogP contribution < -0.4 is 5.32 Å². The quantitative estimate of drug-likeness (QED) is 0.376.